The number of carboxylic acids is 1. The minimum atomic E-state index is -3.66. The smallest absolute Gasteiger partial charge is 0.306 e. The number of rotatable bonds is 8. The van der Waals surface area contributed by atoms with E-state index < -0.39 is 28.2 Å². The SMILES string of the molecule is CCN(CC)S(=O)(=O)NCC(C)(O)CC(=O)O. The second-order valence-corrected chi connectivity index (χ2v) is 5.73. The normalized spacial score (nSPS) is 15.8. The summed E-state index contributed by atoms with van der Waals surface area (Å²) in [5.74, 6) is -1.18. The van der Waals surface area contributed by atoms with E-state index >= 15 is 0 Å². The third kappa shape index (κ3) is 5.97. The monoisotopic (exact) mass is 268 g/mol. The van der Waals surface area contributed by atoms with Crippen molar-refractivity contribution in [3.05, 3.63) is 0 Å². The molecule has 0 fully saturated rings. The number of aliphatic hydroxyl groups is 1. The molecule has 0 aromatic rings. The van der Waals surface area contributed by atoms with Crippen LogP contribution in [-0.4, -0.2) is 54.1 Å². The van der Waals surface area contributed by atoms with Crippen LogP contribution in [0.3, 0.4) is 0 Å². The highest BCUT2D eigenvalue weighted by Gasteiger charge is 2.28. The van der Waals surface area contributed by atoms with Crippen molar-refractivity contribution < 1.29 is 23.4 Å². The van der Waals surface area contributed by atoms with E-state index in [1.807, 2.05) is 0 Å². The highest BCUT2D eigenvalue weighted by molar-refractivity contribution is 7.87. The van der Waals surface area contributed by atoms with Crippen LogP contribution in [0.15, 0.2) is 0 Å². The van der Waals surface area contributed by atoms with Gasteiger partial charge in [0.1, 0.15) is 0 Å². The number of nitrogens with one attached hydrogen (secondary N) is 1. The molecule has 0 aliphatic rings. The Bertz CT molecular complexity index is 348. The fourth-order valence-corrected chi connectivity index (χ4v) is 2.65. The molecule has 1 atom stereocenters. The summed E-state index contributed by atoms with van der Waals surface area (Å²) >= 11 is 0. The molecule has 0 saturated heterocycles. The maximum atomic E-state index is 11.7. The average molecular weight is 268 g/mol. The Kier molecular flexibility index (Phi) is 6.03. The van der Waals surface area contributed by atoms with Crippen molar-refractivity contribution >= 4 is 16.2 Å². The summed E-state index contributed by atoms with van der Waals surface area (Å²) in [6.07, 6.45) is -0.520. The lowest BCUT2D eigenvalue weighted by Gasteiger charge is -2.24. The first-order valence-electron chi connectivity index (χ1n) is 5.33. The van der Waals surface area contributed by atoms with Crippen LogP contribution in [0.25, 0.3) is 0 Å². The molecule has 8 heteroatoms. The molecular weight excluding hydrogens is 248 g/mol. The number of aliphatic carboxylic acids is 1. The van der Waals surface area contributed by atoms with E-state index in [9.17, 15) is 18.3 Å². The standard InChI is InChI=1S/C9H20N2O5S/c1-4-11(5-2)17(15,16)10-7-9(3,14)6-8(12)13/h10,14H,4-7H2,1-3H3,(H,12,13). The zero-order chi connectivity index (χ0) is 13.7. The lowest BCUT2D eigenvalue weighted by Crippen LogP contribution is -2.47. The van der Waals surface area contributed by atoms with Crippen LogP contribution in [0.4, 0.5) is 0 Å². The molecule has 0 bridgehead atoms. The van der Waals surface area contributed by atoms with Gasteiger partial charge in [-0.15, -0.1) is 0 Å². The van der Waals surface area contributed by atoms with Gasteiger partial charge in [0.25, 0.3) is 10.2 Å². The molecular formula is C9H20N2O5S. The molecule has 7 nitrogen and oxygen atoms in total. The van der Waals surface area contributed by atoms with Gasteiger partial charge in [0.15, 0.2) is 0 Å². The summed E-state index contributed by atoms with van der Waals surface area (Å²) in [5, 5.41) is 18.2. The molecule has 0 aliphatic carbocycles. The van der Waals surface area contributed by atoms with Crippen LogP contribution >= 0.6 is 0 Å². The first kappa shape index (κ1) is 16.3. The summed E-state index contributed by atoms with van der Waals surface area (Å²) in [6.45, 7) is 4.94. The van der Waals surface area contributed by atoms with Crippen LogP contribution in [0.5, 0.6) is 0 Å². The fraction of sp³-hybridized carbons (Fsp3) is 0.889. The van der Waals surface area contributed by atoms with Gasteiger partial charge in [-0.3, -0.25) is 4.79 Å². The minimum Gasteiger partial charge on any atom is -0.481 e. The maximum Gasteiger partial charge on any atom is 0.306 e. The van der Waals surface area contributed by atoms with Crippen LogP contribution in [-0.2, 0) is 15.0 Å². The third-order valence-corrected chi connectivity index (χ3v) is 3.92. The van der Waals surface area contributed by atoms with Crippen LogP contribution < -0.4 is 4.72 Å². The molecule has 0 aromatic carbocycles. The predicted octanol–water partition coefficient (Wildman–Crippen LogP) is -0.612. The number of nitrogens with zero attached hydrogens (tertiary/aromatic N) is 1. The van der Waals surface area contributed by atoms with Gasteiger partial charge in [-0.25, -0.2) is 0 Å². The average Bonchev–Trinajstić information content (AvgIpc) is 2.15. The first-order valence-corrected chi connectivity index (χ1v) is 6.77. The van der Waals surface area contributed by atoms with Crippen molar-refractivity contribution in [1.82, 2.24) is 9.03 Å². The van der Waals surface area contributed by atoms with E-state index in [-0.39, 0.29) is 6.54 Å². The summed E-state index contributed by atoms with van der Waals surface area (Å²) < 4.78 is 26.7. The molecule has 0 saturated carbocycles. The van der Waals surface area contributed by atoms with Gasteiger partial charge in [0.05, 0.1) is 12.0 Å². The Hall–Kier alpha value is -0.700. The highest BCUT2D eigenvalue weighted by Crippen LogP contribution is 2.08. The summed E-state index contributed by atoms with van der Waals surface area (Å²) in [5.41, 5.74) is -1.61. The third-order valence-electron chi connectivity index (χ3n) is 2.21. The molecule has 1 unspecified atom stereocenters. The van der Waals surface area contributed by atoms with E-state index in [4.69, 9.17) is 5.11 Å². The molecule has 0 spiro atoms. The molecule has 0 amide bonds. The molecule has 102 valence electrons. The van der Waals surface area contributed by atoms with E-state index in [0.717, 1.165) is 0 Å². The number of carboxylic acid groups (broad SMARTS) is 1. The highest BCUT2D eigenvalue weighted by atomic mass is 32.2. The second kappa shape index (κ2) is 6.29. The van der Waals surface area contributed by atoms with E-state index in [1.54, 1.807) is 13.8 Å². The van der Waals surface area contributed by atoms with Gasteiger partial charge in [-0.1, -0.05) is 13.8 Å². The van der Waals surface area contributed by atoms with Crippen molar-refractivity contribution in [1.29, 1.82) is 0 Å². The largest absolute Gasteiger partial charge is 0.481 e. The van der Waals surface area contributed by atoms with Crippen LogP contribution in [0.1, 0.15) is 27.2 Å². The van der Waals surface area contributed by atoms with Crippen molar-refractivity contribution in [2.75, 3.05) is 19.6 Å². The minimum absolute atomic E-state index is 0.312. The Morgan fingerprint density at radius 1 is 1.35 bits per heavy atom. The van der Waals surface area contributed by atoms with Gasteiger partial charge in [-0.05, 0) is 6.92 Å². The van der Waals surface area contributed by atoms with Gasteiger partial charge in [0.2, 0.25) is 0 Å². The molecule has 0 rings (SSSR count). The van der Waals surface area contributed by atoms with Crippen molar-refractivity contribution in [2.24, 2.45) is 0 Å². The van der Waals surface area contributed by atoms with E-state index in [2.05, 4.69) is 4.72 Å². The second-order valence-electron chi connectivity index (χ2n) is 3.98. The van der Waals surface area contributed by atoms with E-state index in [1.165, 1.54) is 11.2 Å². The van der Waals surface area contributed by atoms with Crippen LogP contribution in [0.2, 0.25) is 0 Å². The van der Waals surface area contributed by atoms with Crippen molar-refractivity contribution in [2.45, 2.75) is 32.8 Å². The quantitative estimate of drug-likeness (QED) is 0.544. The molecule has 3 N–H and O–H groups in total. The van der Waals surface area contributed by atoms with Gasteiger partial charge in [0, 0.05) is 19.6 Å². The molecule has 0 aliphatic heterocycles. The van der Waals surface area contributed by atoms with Crippen molar-refractivity contribution in [3.63, 3.8) is 0 Å². The van der Waals surface area contributed by atoms with Gasteiger partial charge >= 0.3 is 5.97 Å². The van der Waals surface area contributed by atoms with Crippen molar-refractivity contribution in [3.8, 4) is 0 Å². The van der Waals surface area contributed by atoms with Gasteiger partial charge in [-0.2, -0.15) is 17.4 Å². The van der Waals surface area contributed by atoms with E-state index in [0.29, 0.717) is 13.1 Å². The maximum absolute atomic E-state index is 11.7. The fourth-order valence-electron chi connectivity index (χ4n) is 1.29. The zero-order valence-electron chi connectivity index (χ0n) is 10.3. The number of hydrogen-bond acceptors (Lipinski definition) is 4. The lowest BCUT2D eigenvalue weighted by atomic mass is 10.0. The Morgan fingerprint density at radius 3 is 2.18 bits per heavy atom. The molecule has 0 heterocycles. The van der Waals surface area contributed by atoms with Gasteiger partial charge < -0.3 is 10.2 Å². The topological polar surface area (TPSA) is 107 Å². The molecule has 0 radical (unpaired) electrons. The first-order chi connectivity index (χ1) is 7.64. The molecule has 0 aromatic heterocycles. The number of carbonyl (C=O) groups is 1. The van der Waals surface area contributed by atoms with Crippen LogP contribution in [0, 0.1) is 0 Å². The summed E-state index contributed by atoms with van der Waals surface area (Å²) in [7, 11) is -3.66. The summed E-state index contributed by atoms with van der Waals surface area (Å²) in [4.78, 5) is 10.4. The Balaban J connectivity index is 4.50. The molecule has 17 heavy (non-hydrogen) atoms. The lowest BCUT2D eigenvalue weighted by molar-refractivity contribution is -0.141. The summed E-state index contributed by atoms with van der Waals surface area (Å²) in [6, 6.07) is 0. The predicted molar refractivity (Wildman–Crippen MR) is 62.7 cm³/mol. The Labute approximate surface area is 102 Å². The Morgan fingerprint density at radius 2 is 1.82 bits per heavy atom. The number of hydrogen-bond donors (Lipinski definition) is 3. The zero-order valence-corrected chi connectivity index (χ0v) is 11.1.